The Morgan fingerprint density at radius 2 is 2.06 bits per heavy atom. The van der Waals surface area contributed by atoms with E-state index in [1.807, 2.05) is 0 Å². The minimum Gasteiger partial charge on any atom is -0.544 e. The fourth-order valence-electron chi connectivity index (χ4n) is 1.28. The van der Waals surface area contributed by atoms with Crippen LogP contribution in [0, 0.1) is 0 Å². The van der Waals surface area contributed by atoms with Crippen molar-refractivity contribution >= 4 is 21.9 Å². The summed E-state index contributed by atoms with van der Waals surface area (Å²) >= 11 is 3.27. The number of carboxylic acids is 1. The van der Waals surface area contributed by atoms with E-state index in [2.05, 4.69) is 21.7 Å². The molecule has 5 nitrogen and oxygen atoms in total. The van der Waals surface area contributed by atoms with Crippen LogP contribution in [0.2, 0.25) is 0 Å². The predicted molar refractivity (Wildman–Crippen MR) is 57.9 cm³/mol. The van der Waals surface area contributed by atoms with Crippen molar-refractivity contribution in [2.75, 3.05) is 14.2 Å². The molecule has 0 aliphatic rings. The Morgan fingerprint density at radius 1 is 1.44 bits per heavy atom. The summed E-state index contributed by atoms with van der Waals surface area (Å²) in [5, 5.41) is 10.7. The van der Waals surface area contributed by atoms with Gasteiger partial charge in [-0.15, -0.1) is 0 Å². The third kappa shape index (κ3) is 2.45. The molecule has 0 unspecified atom stereocenters. The highest BCUT2D eigenvalue weighted by molar-refractivity contribution is 9.10. The normalized spacial score (nSPS) is 12.0. The topological polar surface area (TPSA) is 86.2 Å². The van der Waals surface area contributed by atoms with E-state index in [0.29, 0.717) is 21.5 Å². The van der Waals surface area contributed by atoms with Crippen LogP contribution in [-0.2, 0) is 4.79 Å². The lowest BCUT2D eigenvalue weighted by atomic mass is 10.1. The largest absolute Gasteiger partial charge is 0.544 e. The van der Waals surface area contributed by atoms with Gasteiger partial charge in [-0.25, -0.2) is 0 Å². The highest BCUT2D eigenvalue weighted by Gasteiger charge is 2.17. The van der Waals surface area contributed by atoms with Gasteiger partial charge in [-0.1, -0.05) is 0 Å². The molecule has 1 rings (SSSR count). The molecule has 0 bridgehead atoms. The predicted octanol–water partition coefficient (Wildman–Crippen LogP) is -0.501. The third-order valence-electron chi connectivity index (χ3n) is 2.14. The summed E-state index contributed by atoms with van der Waals surface area (Å²) in [5.41, 5.74) is 3.99. The van der Waals surface area contributed by atoms with E-state index >= 15 is 0 Å². The fraction of sp³-hybridized carbons (Fsp3) is 0.300. The van der Waals surface area contributed by atoms with Crippen LogP contribution in [0.1, 0.15) is 11.6 Å². The second kappa shape index (κ2) is 5.18. The van der Waals surface area contributed by atoms with Crippen LogP contribution in [0.25, 0.3) is 0 Å². The standard InChI is InChI=1S/C10H12BrNO4/c1-15-7-4-5(8(12)10(13)14)3-6(11)9(7)16-2/h3-4,8H,12H2,1-2H3,(H,13,14)/t8-/m1/s1. The Labute approximate surface area is 101 Å². The molecule has 0 saturated carbocycles. The van der Waals surface area contributed by atoms with Crippen molar-refractivity contribution in [3.05, 3.63) is 22.2 Å². The Kier molecular flexibility index (Phi) is 4.14. The van der Waals surface area contributed by atoms with E-state index in [0.717, 1.165) is 0 Å². The van der Waals surface area contributed by atoms with Gasteiger partial charge < -0.3 is 25.1 Å². The molecule has 0 heterocycles. The molecule has 6 heteroatoms. The zero-order chi connectivity index (χ0) is 12.3. The zero-order valence-electron chi connectivity index (χ0n) is 8.95. The molecular formula is C10H12BrNO4. The van der Waals surface area contributed by atoms with E-state index in [1.165, 1.54) is 14.2 Å². The molecule has 1 atom stereocenters. The van der Waals surface area contributed by atoms with Crippen LogP contribution in [0.15, 0.2) is 16.6 Å². The van der Waals surface area contributed by atoms with E-state index in [-0.39, 0.29) is 0 Å². The molecule has 0 amide bonds. The molecule has 16 heavy (non-hydrogen) atoms. The van der Waals surface area contributed by atoms with Crippen molar-refractivity contribution in [3.8, 4) is 11.5 Å². The van der Waals surface area contributed by atoms with Crippen molar-refractivity contribution in [1.82, 2.24) is 0 Å². The second-order valence-corrected chi connectivity index (χ2v) is 3.96. The number of carboxylic acid groups (broad SMARTS) is 1. The van der Waals surface area contributed by atoms with Crippen molar-refractivity contribution in [3.63, 3.8) is 0 Å². The number of hydrogen-bond donors (Lipinski definition) is 1. The molecule has 0 aromatic heterocycles. The number of methoxy groups -OCH3 is 2. The summed E-state index contributed by atoms with van der Waals surface area (Å²) in [4.78, 5) is 10.7. The average molecular weight is 290 g/mol. The molecular weight excluding hydrogens is 278 g/mol. The highest BCUT2D eigenvalue weighted by Crippen LogP contribution is 2.37. The molecule has 0 aliphatic heterocycles. The van der Waals surface area contributed by atoms with Gasteiger partial charge in [-0.05, 0) is 28.1 Å². The first-order valence-electron chi connectivity index (χ1n) is 4.46. The van der Waals surface area contributed by atoms with Crippen LogP contribution in [0.4, 0.5) is 0 Å². The molecule has 0 fully saturated rings. The molecule has 0 saturated heterocycles. The van der Waals surface area contributed by atoms with Crippen molar-refractivity contribution in [2.45, 2.75) is 6.04 Å². The van der Waals surface area contributed by atoms with Crippen molar-refractivity contribution < 1.29 is 25.1 Å². The lowest BCUT2D eigenvalue weighted by Gasteiger charge is -2.14. The third-order valence-corrected chi connectivity index (χ3v) is 2.73. The molecule has 1 aromatic rings. The maximum Gasteiger partial charge on any atom is 0.174 e. The molecule has 0 spiro atoms. The number of hydrogen-bond acceptors (Lipinski definition) is 4. The van der Waals surface area contributed by atoms with Gasteiger partial charge in [0, 0.05) is 5.56 Å². The van der Waals surface area contributed by atoms with Gasteiger partial charge in [0.25, 0.3) is 0 Å². The van der Waals surface area contributed by atoms with Gasteiger partial charge in [0.05, 0.1) is 18.7 Å². The first kappa shape index (κ1) is 12.8. The summed E-state index contributed by atoms with van der Waals surface area (Å²) in [6.45, 7) is 0. The van der Waals surface area contributed by atoms with Gasteiger partial charge >= 0.3 is 0 Å². The maximum absolute atomic E-state index is 10.7. The first-order valence-corrected chi connectivity index (χ1v) is 5.26. The smallest absolute Gasteiger partial charge is 0.174 e. The van der Waals surface area contributed by atoms with Gasteiger partial charge in [0.2, 0.25) is 0 Å². The van der Waals surface area contributed by atoms with E-state index in [9.17, 15) is 9.90 Å². The number of rotatable bonds is 4. The molecule has 3 N–H and O–H groups in total. The van der Waals surface area contributed by atoms with Gasteiger partial charge in [-0.3, -0.25) is 0 Å². The van der Waals surface area contributed by atoms with Crippen molar-refractivity contribution in [1.29, 1.82) is 0 Å². The number of benzene rings is 1. The van der Waals surface area contributed by atoms with Gasteiger partial charge in [0.1, 0.15) is 5.97 Å². The number of quaternary nitrogens is 1. The number of aliphatic carboxylic acids is 1. The highest BCUT2D eigenvalue weighted by atomic mass is 79.9. The van der Waals surface area contributed by atoms with Crippen LogP contribution in [-0.4, -0.2) is 20.2 Å². The summed E-state index contributed by atoms with van der Waals surface area (Å²) in [6, 6.07) is 2.24. The minimum absolute atomic E-state index is 0.446. The summed E-state index contributed by atoms with van der Waals surface area (Å²) in [5.74, 6) is -0.280. The number of carbonyl (C=O) groups is 1. The number of halogens is 1. The van der Waals surface area contributed by atoms with E-state index in [1.54, 1.807) is 12.1 Å². The van der Waals surface area contributed by atoms with E-state index < -0.39 is 12.0 Å². The minimum atomic E-state index is -1.24. The molecule has 0 radical (unpaired) electrons. The monoisotopic (exact) mass is 289 g/mol. The molecule has 1 aromatic carbocycles. The lowest BCUT2D eigenvalue weighted by Crippen LogP contribution is -2.61. The number of ether oxygens (including phenoxy) is 2. The van der Waals surface area contributed by atoms with Crippen molar-refractivity contribution in [2.24, 2.45) is 0 Å². The maximum atomic E-state index is 10.7. The quantitative estimate of drug-likeness (QED) is 0.810. The zero-order valence-corrected chi connectivity index (χ0v) is 10.5. The lowest BCUT2D eigenvalue weighted by molar-refractivity contribution is -0.443. The molecule has 0 aliphatic carbocycles. The Hall–Kier alpha value is -1.27. The Bertz CT molecular complexity index is 408. The Balaban J connectivity index is 3.25. The average Bonchev–Trinajstić information content (AvgIpc) is 2.26. The van der Waals surface area contributed by atoms with Crippen LogP contribution >= 0.6 is 15.9 Å². The van der Waals surface area contributed by atoms with E-state index in [4.69, 9.17) is 9.47 Å². The van der Waals surface area contributed by atoms with Gasteiger partial charge in [-0.2, -0.15) is 0 Å². The fourth-order valence-corrected chi connectivity index (χ4v) is 1.90. The summed E-state index contributed by atoms with van der Waals surface area (Å²) in [7, 11) is 2.98. The van der Waals surface area contributed by atoms with Crippen LogP contribution in [0.5, 0.6) is 11.5 Å². The summed E-state index contributed by atoms with van der Waals surface area (Å²) < 4.78 is 10.8. The number of carbonyl (C=O) groups excluding carboxylic acids is 1. The Morgan fingerprint density at radius 3 is 2.50 bits per heavy atom. The first-order chi connectivity index (χ1) is 7.51. The van der Waals surface area contributed by atoms with Crippen LogP contribution < -0.4 is 20.3 Å². The summed E-state index contributed by atoms with van der Waals surface area (Å²) in [6.07, 6.45) is 0. The molecule has 88 valence electrons. The van der Waals surface area contributed by atoms with Gasteiger partial charge in [0.15, 0.2) is 17.5 Å². The van der Waals surface area contributed by atoms with Crippen LogP contribution in [0.3, 0.4) is 0 Å². The second-order valence-electron chi connectivity index (χ2n) is 3.11. The SMILES string of the molecule is COc1cc([C@@H]([NH3+])C(=O)[O-])cc(Br)c1OC.